The summed E-state index contributed by atoms with van der Waals surface area (Å²) in [5.41, 5.74) is 0.861. The van der Waals surface area contributed by atoms with Crippen molar-refractivity contribution in [3.63, 3.8) is 0 Å². The standard InChI is InChI=1S/C14H18N4O2S/c1-9-15-14(17-20-9)11-4-3-5-18(7-11)13(19)6-12-8-21-10(2)16-12/h8,11H,3-7H2,1-2H3/t11-/m0/s1. The topological polar surface area (TPSA) is 72.1 Å². The first-order valence-electron chi connectivity index (χ1n) is 7.11. The van der Waals surface area contributed by atoms with Crippen LogP contribution in [0.4, 0.5) is 0 Å². The predicted octanol–water partition coefficient (Wildman–Crippen LogP) is 2.09. The van der Waals surface area contributed by atoms with Crippen LogP contribution in [0.5, 0.6) is 0 Å². The average molecular weight is 306 g/mol. The Hall–Kier alpha value is -1.76. The summed E-state index contributed by atoms with van der Waals surface area (Å²) in [6.07, 6.45) is 2.35. The molecule has 1 amide bonds. The Labute approximate surface area is 127 Å². The molecule has 1 aliphatic heterocycles. The Kier molecular flexibility index (Phi) is 4.01. The van der Waals surface area contributed by atoms with Crippen molar-refractivity contribution >= 4 is 17.2 Å². The van der Waals surface area contributed by atoms with Crippen LogP contribution in [-0.2, 0) is 11.2 Å². The molecule has 2 aromatic rings. The lowest BCUT2D eigenvalue weighted by Gasteiger charge is -2.31. The monoisotopic (exact) mass is 306 g/mol. The Morgan fingerprint density at radius 2 is 2.33 bits per heavy atom. The third-order valence-corrected chi connectivity index (χ3v) is 4.50. The minimum Gasteiger partial charge on any atom is -0.342 e. The van der Waals surface area contributed by atoms with Gasteiger partial charge in [0.05, 0.1) is 17.1 Å². The van der Waals surface area contributed by atoms with Crippen molar-refractivity contribution in [2.24, 2.45) is 0 Å². The quantitative estimate of drug-likeness (QED) is 0.868. The van der Waals surface area contributed by atoms with Crippen LogP contribution < -0.4 is 0 Å². The zero-order chi connectivity index (χ0) is 14.8. The molecule has 0 bridgehead atoms. The van der Waals surface area contributed by atoms with E-state index in [2.05, 4.69) is 15.1 Å². The molecule has 3 heterocycles. The SMILES string of the molecule is Cc1nc([C@H]2CCCN(C(=O)Cc3csc(C)n3)C2)no1. The molecule has 0 N–H and O–H groups in total. The number of aromatic nitrogens is 3. The predicted molar refractivity (Wildman–Crippen MR) is 78.1 cm³/mol. The van der Waals surface area contributed by atoms with Crippen molar-refractivity contribution in [3.05, 3.63) is 27.8 Å². The Morgan fingerprint density at radius 1 is 1.48 bits per heavy atom. The molecule has 0 radical (unpaired) electrons. The molecule has 3 rings (SSSR count). The molecule has 112 valence electrons. The minimum absolute atomic E-state index is 0.130. The van der Waals surface area contributed by atoms with E-state index in [1.54, 1.807) is 18.3 Å². The number of aryl methyl sites for hydroxylation is 2. The minimum atomic E-state index is 0.130. The van der Waals surface area contributed by atoms with E-state index in [9.17, 15) is 4.79 Å². The summed E-state index contributed by atoms with van der Waals surface area (Å²) in [6, 6.07) is 0. The fourth-order valence-corrected chi connectivity index (χ4v) is 3.26. The number of hydrogen-bond donors (Lipinski definition) is 0. The molecular formula is C14H18N4O2S. The van der Waals surface area contributed by atoms with E-state index in [0.29, 0.717) is 18.9 Å². The number of piperidine rings is 1. The van der Waals surface area contributed by atoms with Crippen LogP contribution in [0.15, 0.2) is 9.90 Å². The van der Waals surface area contributed by atoms with Gasteiger partial charge in [-0.1, -0.05) is 5.16 Å². The number of amides is 1. The first-order chi connectivity index (χ1) is 10.1. The second-order valence-corrected chi connectivity index (χ2v) is 6.45. The fourth-order valence-electron chi connectivity index (χ4n) is 2.65. The van der Waals surface area contributed by atoms with Crippen LogP contribution >= 0.6 is 11.3 Å². The maximum absolute atomic E-state index is 12.4. The van der Waals surface area contributed by atoms with Gasteiger partial charge < -0.3 is 9.42 Å². The molecule has 0 saturated carbocycles. The van der Waals surface area contributed by atoms with E-state index in [0.717, 1.165) is 35.9 Å². The van der Waals surface area contributed by atoms with Gasteiger partial charge in [0.15, 0.2) is 5.82 Å². The molecular weight excluding hydrogens is 288 g/mol. The van der Waals surface area contributed by atoms with Gasteiger partial charge in [0.25, 0.3) is 0 Å². The third-order valence-electron chi connectivity index (χ3n) is 3.68. The summed E-state index contributed by atoms with van der Waals surface area (Å²) in [5.74, 6) is 1.60. The van der Waals surface area contributed by atoms with Gasteiger partial charge in [0.2, 0.25) is 11.8 Å². The van der Waals surface area contributed by atoms with E-state index < -0.39 is 0 Å². The first kappa shape index (κ1) is 14.2. The van der Waals surface area contributed by atoms with E-state index in [-0.39, 0.29) is 11.8 Å². The molecule has 0 aliphatic carbocycles. The molecule has 0 unspecified atom stereocenters. The van der Waals surface area contributed by atoms with Gasteiger partial charge in [-0.3, -0.25) is 4.79 Å². The molecule has 1 atom stereocenters. The third kappa shape index (κ3) is 3.29. The summed E-state index contributed by atoms with van der Waals surface area (Å²) in [6.45, 7) is 5.21. The number of nitrogens with zero attached hydrogens (tertiary/aromatic N) is 4. The number of carbonyl (C=O) groups excluding carboxylic acids is 1. The van der Waals surface area contributed by atoms with Crippen molar-refractivity contribution in [3.8, 4) is 0 Å². The van der Waals surface area contributed by atoms with E-state index in [4.69, 9.17) is 4.52 Å². The van der Waals surface area contributed by atoms with Gasteiger partial charge in [0, 0.05) is 31.3 Å². The fraction of sp³-hybridized carbons (Fsp3) is 0.571. The highest BCUT2D eigenvalue weighted by atomic mass is 32.1. The highest BCUT2D eigenvalue weighted by molar-refractivity contribution is 7.09. The number of hydrogen-bond acceptors (Lipinski definition) is 6. The van der Waals surface area contributed by atoms with Crippen LogP contribution in [0.3, 0.4) is 0 Å². The maximum atomic E-state index is 12.4. The molecule has 7 heteroatoms. The van der Waals surface area contributed by atoms with Crippen molar-refractivity contribution in [2.75, 3.05) is 13.1 Å². The summed E-state index contributed by atoms with van der Waals surface area (Å²) >= 11 is 1.58. The summed E-state index contributed by atoms with van der Waals surface area (Å²) in [5, 5.41) is 6.94. The zero-order valence-corrected chi connectivity index (χ0v) is 13.0. The Bertz CT molecular complexity index is 636. The summed E-state index contributed by atoms with van der Waals surface area (Å²) in [7, 11) is 0. The molecule has 0 aromatic carbocycles. The molecule has 2 aromatic heterocycles. The van der Waals surface area contributed by atoms with Gasteiger partial charge in [-0.05, 0) is 19.8 Å². The van der Waals surface area contributed by atoms with E-state index >= 15 is 0 Å². The number of rotatable bonds is 3. The number of carbonyl (C=O) groups is 1. The number of likely N-dealkylation sites (tertiary alicyclic amines) is 1. The Balaban J connectivity index is 1.64. The smallest absolute Gasteiger partial charge is 0.228 e. The van der Waals surface area contributed by atoms with Crippen LogP contribution in [-0.4, -0.2) is 39.0 Å². The van der Waals surface area contributed by atoms with Crippen LogP contribution in [0.1, 0.15) is 41.2 Å². The van der Waals surface area contributed by atoms with Crippen molar-refractivity contribution in [1.82, 2.24) is 20.0 Å². The lowest BCUT2D eigenvalue weighted by Crippen LogP contribution is -2.40. The van der Waals surface area contributed by atoms with E-state index in [1.165, 1.54) is 0 Å². The van der Waals surface area contributed by atoms with E-state index in [1.807, 2.05) is 17.2 Å². The Morgan fingerprint density at radius 3 is 3.00 bits per heavy atom. The van der Waals surface area contributed by atoms with Gasteiger partial charge in [0.1, 0.15) is 0 Å². The second kappa shape index (κ2) is 5.93. The zero-order valence-electron chi connectivity index (χ0n) is 12.2. The lowest BCUT2D eigenvalue weighted by molar-refractivity contribution is -0.131. The molecule has 21 heavy (non-hydrogen) atoms. The van der Waals surface area contributed by atoms with Crippen molar-refractivity contribution in [2.45, 2.75) is 39.0 Å². The maximum Gasteiger partial charge on any atom is 0.228 e. The normalized spacial score (nSPS) is 19.0. The molecule has 1 fully saturated rings. The number of thiazole rings is 1. The largest absolute Gasteiger partial charge is 0.342 e. The summed E-state index contributed by atoms with van der Waals surface area (Å²) in [4.78, 5) is 22.9. The van der Waals surface area contributed by atoms with Crippen LogP contribution in [0.2, 0.25) is 0 Å². The molecule has 6 nitrogen and oxygen atoms in total. The van der Waals surface area contributed by atoms with Gasteiger partial charge >= 0.3 is 0 Å². The molecule has 1 saturated heterocycles. The first-order valence-corrected chi connectivity index (χ1v) is 7.99. The second-order valence-electron chi connectivity index (χ2n) is 5.39. The van der Waals surface area contributed by atoms with Crippen LogP contribution in [0, 0.1) is 13.8 Å². The summed E-state index contributed by atoms with van der Waals surface area (Å²) < 4.78 is 5.04. The van der Waals surface area contributed by atoms with Gasteiger partial charge in [-0.2, -0.15) is 4.98 Å². The average Bonchev–Trinajstić information content (AvgIpc) is 3.08. The van der Waals surface area contributed by atoms with Crippen LogP contribution in [0.25, 0.3) is 0 Å². The molecule has 1 aliphatic rings. The lowest BCUT2D eigenvalue weighted by atomic mass is 9.97. The molecule has 0 spiro atoms. The van der Waals surface area contributed by atoms with Gasteiger partial charge in [-0.25, -0.2) is 4.98 Å². The highest BCUT2D eigenvalue weighted by Gasteiger charge is 2.27. The highest BCUT2D eigenvalue weighted by Crippen LogP contribution is 2.25. The van der Waals surface area contributed by atoms with Crippen molar-refractivity contribution < 1.29 is 9.32 Å². The van der Waals surface area contributed by atoms with Crippen molar-refractivity contribution in [1.29, 1.82) is 0 Å². The van der Waals surface area contributed by atoms with Gasteiger partial charge in [-0.15, -0.1) is 11.3 Å².